The second-order valence-electron chi connectivity index (χ2n) is 4.36. The minimum Gasteiger partial charge on any atom is -0.409 e. The number of oxime groups is 1. The fourth-order valence-corrected chi connectivity index (χ4v) is 2.03. The van der Waals surface area contributed by atoms with Crippen molar-refractivity contribution in [1.29, 1.82) is 0 Å². The van der Waals surface area contributed by atoms with Crippen LogP contribution < -0.4 is 5.73 Å². The minimum absolute atomic E-state index is 0.0444. The number of rotatable bonds is 5. The lowest BCUT2D eigenvalue weighted by atomic mass is 10.1. The number of hydrogen-bond donors (Lipinski definition) is 2. The van der Waals surface area contributed by atoms with Crippen LogP contribution in [0.3, 0.4) is 0 Å². The van der Waals surface area contributed by atoms with E-state index in [0.29, 0.717) is 19.4 Å². The highest BCUT2D eigenvalue weighted by Gasteiger charge is 2.31. The average molecular weight is 243 g/mol. The first-order valence-electron chi connectivity index (χ1n) is 5.89. The van der Waals surface area contributed by atoms with E-state index in [1.54, 1.807) is 12.0 Å². The van der Waals surface area contributed by atoms with Crippen molar-refractivity contribution in [3.05, 3.63) is 0 Å². The van der Waals surface area contributed by atoms with Crippen molar-refractivity contribution in [1.82, 2.24) is 4.90 Å². The maximum Gasteiger partial charge on any atom is 0.223 e. The van der Waals surface area contributed by atoms with Crippen molar-refractivity contribution < 1.29 is 14.7 Å². The average Bonchev–Trinajstić information content (AvgIpc) is 2.83. The fraction of sp³-hybridized carbons (Fsp3) is 0.818. The number of methoxy groups -OCH3 is 1. The number of hydrogen-bond acceptors (Lipinski definition) is 4. The van der Waals surface area contributed by atoms with Gasteiger partial charge in [0.25, 0.3) is 0 Å². The van der Waals surface area contributed by atoms with Gasteiger partial charge in [0.05, 0.1) is 12.1 Å². The second-order valence-corrected chi connectivity index (χ2v) is 4.36. The molecule has 1 rings (SSSR count). The molecule has 0 aromatic heterocycles. The second kappa shape index (κ2) is 6.44. The van der Waals surface area contributed by atoms with Gasteiger partial charge < -0.3 is 20.6 Å². The summed E-state index contributed by atoms with van der Waals surface area (Å²) in [5.41, 5.74) is 5.57. The van der Waals surface area contributed by atoms with Crippen LogP contribution in [0.15, 0.2) is 5.16 Å². The number of carbonyl (C=O) groups is 1. The molecule has 1 aliphatic rings. The summed E-state index contributed by atoms with van der Waals surface area (Å²) in [4.78, 5) is 13.7. The van der Waals surface area contributed by atoms with Crippen molar-refractivity contribution in [3.8, 4) is 0 Å². The summed E-state index contributed by atoms with van der Waals surface area (Å²) in [6, 6.07) is -0.245. The van der Waals surface area contributed by atoms with E-state index < -0.39 is 0 Å². The number of nitrogens with two attached hydrogens (primary N) is 1. The van der Waals surface area contributed by atoms with Crippen molar-refractivity contribution in [3.63, 3.8) is 0 Å². The monoisotopic (exact) mass is 243 g/mol. The van der Waals surface area contributed by atoms with Gasteiger partial charge in [-0.1, -0.05) is 5.16 Å². The van der Waals surface area contributed by atoms with E-state index in [9.17, 15) is 4.79 Å². The van der Waals surface area contributed by atoms with Crippen molar-refractivity contribution in [2.45, 2.75) is 44.8 Å². The Morgan fingerprint density at radius 1 is 1.71 bits per heavy atom. The third-order valence-corrected chi connectivity index (χ3v) is 3.20. The lowest BCUT2D eigenvalue weighted by molar-refractivity contribution is -0.131. The van der Waals surface area contributed by atoms with Gasteiger partial charge in [0.2, 0.25) is 5.91 Å². The van der Waals surface area contributed by atoms with Crippen LogP contribution in [0, 0.1) is 0 Å². The van der Waals surface area contributed by atoms with Gasteiger partial charge in [-0.15, -0.1) is 0 Å². The largest absolute Gasteiger partial charge is 0.409 e. The van der Waals surface area contributed by atoms with Gasteiger partial charge in [-0.2, -0.15) is 0 Å². The third-order valence-electron chi connectivity index (χ3n) is 3.20. The third kappa shape index (κ3) is 3.59. The van der Waals surface area contributed by atoms with E-state index in [2.05, 4.69) is 5.16 Å². The normalized spacial score (nSPS) is 22.8. The zero-order valence-corrected chi connectivity index (χ0v) is 10.4. The Morgan fingerprint density at radius 3 is 3.00 bits per heavy atom. The Kier molecular flexibility index (Phi) is 5.21. The minimum atomic E-state index is -0.245. The van der Waals surface area contributed by atoms with E-state index in [1.807, 2.05) is 6.92 Å². The van der Waals surface area contributed by atoms with E-state index in [1.165, 1.54) is 0 Å². The maximum atomic E-state index is 12.0. The molecule has 0 saturated carbocycles. The van der Waals surface area contributed by atoms with Gasteiger partial charge in [0.15, 0.2) is 5.84 Å². The molecule has 0 bridgehead atoms. The summed E-state index contributed by atoms with van der Waals surface area (Å²) in [6.45, 7) is 2.61. The molecule has 1 saturated heterocycles. The van der Waals surface area contributed by atoms with Gasteiger partial charge in [0, 0.05) is 20.1 Å². The lowest BCUT2D eigenvalue weighted by Crippen LogP contribution is -2.44. The Balaban J connectivity index is 2.50. The highest BCUT2D eigenvalue weighted by molar-refractivity contribution is 5.90. The molecular weight excluding hydrogens is 222 g/mol. The van der Waals surface area contributed by atoms with Crippen molar-refractivity contribution >= 4 is 11.7 Å². The summed E-state index contributed by atoms with van der Waals surface area (Å²) in [6.07, 6.45) is 2.86. The van der Waals surface area contributed by atoms with Gasteiger partial charge in [0.1, 0.15) is 0 Å². The smallest absolute Gasteiger partial charge is 0.223 e. The zero-order chi connectivity index (χ0) is 12.8. The molecule has 0 aliphatic carbocycles. The molecule has 0 spiro atoms. The molecule has 1 heterocycles. The van der Waals surface area contributed by atoms with Crippen LogP contribution in [0.25, 0.3) is 0 Å². The Hall–Kier alpha value is -1.30. The number of carbonyl (C=O) groups excluding carboxylic acids is 1. The molecule has 3 N–H and O–H groups in total. The van der Waals surface area contributed by atoms with Crippen LogP contribution in [-0.2, 0) is 9.53 Å². The predicted octanol–water partition coefficient (Wildman–Crippen LogP) is 0.539. The van der Waals surface area contributed by atoms with Crippen LogP contribution in [0.1, 0.15) is 32.6 Å². The SMILES string of the molecule is COC(C)CCC(=O)N1CCCC1C(N)=NO. The van der Waals surface area contributed by atoms with Crippen LogP contribution >= 0.6 is 0 Å². The number of likely N-dealkylation sites (tertiary alicyclic amines) is 1. The molecule has 1 fully saturated rings. The Labute approximate surface area is 101 Å². The first kappa shape index (κ1) is 13.8. The van der Waals surface area contributed by atoms with Crippen LogP contribution in [0.4, 0.5) is 0 Å². The Morgan fingerprint density at radius 2 is 2.41 bits per heavy atom. The lowest BCUT2D eigenvalue weighted by Gasteiger charge is -2.24. The van der Waals surface area contributed by atoms with Gasteiger partial charge in [-0.05, 0) is 26.2 Å². The van der Waals surface area contributed by atoms with Crippen LogP contribution in [0.2, 0.25) is 0 Å². The molecule has 0 radical (unpaired) electrons. The van der Waals surface area contributed by atoms with Gasteiger partial charge in [-0.3, -0.25) is 4.79 Å². The summed E-state index contributed by atoms with van der Waals surface area (Å²) in [5, 5.41) is 11.6. The molecule has 2 atom stereocenters. The fourth-order valence-electron chi connectivity index (χ4n) is 2.03. The summed E-state index contributed by atoms with van der Waals surface area (Å²) in [5.74, 6) is 0.165. The number of nitrogens with zero attached hydrogens (tertiary/aromatic N) is 2. The topological polar surface area (TPSA) is 88.2 Å². The zero-order valence-electron chi connectivity index (χ0n) is 10.4. The van der Waals surface area contributed by atoms with E-state index in [-0.39, 0.29) is 23.9 Å². The molecule has 6 heteroatoms. The molecule has 17 heavy (non-hydrogen) atoms. The number of ether oxygens (including phenoxy) is 1. The van der Waals surface area contributed by atoms with E-state index in [4.69, 9.17) is 15.7 Å². The molecule has 1 aliphatic heterocycles. The highest BCUT2D eigenvalue weighted by Crippen LogP contribution is 2.19. The molecule has 98 valence electrons. The first-order valence-corrected chi connectivity index (χ1v) is 5.89. The van der Waals surface area contributed by atoms with Gasteiger partial charge >= 0.3 is 0 Å². The van der Waals surface area contributed by atoms with Crippen molar-refractivity contribution in [2.24, 2.45) is 10.9 Å². The van der Waals surface area contributed by atoms with E-state index >= 15 is 0 Å². The predicted molar refractivity (Wildman–Crippen MR) is 63.8 cm³/mol. The van der Waals surface area contributed by atoms with Crippen LogP contribution in [-0.4, -0.2) is 47.7 Å². The van der Waals surface area contributed by atoms with E-state index in [0.717, 1.165) is 12.8 Å². The van der Waals surface area contributed by atoms with Crippen LogP contribution in [0.5, 0.6) is 0 Å². The first-order chi connectivity index (χ1) is 8.10. The molecule has 1 amide bonds. The quantitative estimate of drug-likeness (QED) is 0.319. The summed E-state index contributed by atoms with van der Waals surface area (Å²) < 4.78 is 5.10. The molecule has 0 aromatic rings. The molecule has 2 unspecified atom stereocenters. The standard InChI is InChI=1S/C11H21N3O3/c1-8(17-2)5-6-10(15)14-7-3-4-9(14)11(12)13-16/h8-9,16H,3-7H2,1-2H3,(H2,12,13). The Bertz CT molecular complexity index is 294. The molecular formula is C11H21N3O3. The maximum absolute atomic E-state index is 12.0. The summed E-state index contributed by atoms with van der Waals surface area (Å²) in [7, 11) is 1.63. The highest BCUT2D eigenvalue weighted by atomic mass is 16.5. The van der Waals surface area contributed by atoms with Gasteiger partial charge in [-0.25, -0.2) is 0 Å². The number of amides is 1. The molecule has 6 nitrogen and oxygen atoms in total. The number of amidine groups is 1. The summed E-state index contributed by atoms with van der Waals surface area (Å²) >= 11 is 0. The molecule has 0 aromatic carbocycles. The van der Waals surface area contributed by atoms with Crippen molar-refractivity contribution in [2.75, 3.05) is 13.7 Å².